The minimum Gasteiger partial charge on any atom is -0.501 e. The zero-order valence-corrected chi connectivity index (χ0v) is 50.0. The molecule has 420 valence electrons. The number of hydrogen-bond donors (Lipinski definition) is 0. The molecule has 0 N–H and O–H groups in total. The molecule has 9 aromatic heterocycles. The van der Waals surface area contributed by atoms with Crippen LogP contribution < -0.4 is 0 Å². The van der Waals surface area contributed by atoms with Crippen molar-refractivity contribution in [2.75, 3.05) is 0 Å². The molecule has 0 saturated heterocycles. The number of aryl methyl sites for hydroxylation is 3. The maximum absolute atomic E-state index is 6.13. The van der Waals surface area contributed by atoms with Crippen molar-refractivity contribution in [3.8, 4) is 67.2 Å². The first kappa shape index (κ1) is 53.8. The molecule has 88 heavy (non-hydrogen) atoms. The average molecular weight is 1320 g/mol. The number of para-hydroxylation sites is 6. The van der Waals surface area contributed by atoms with Crippen LogP contribution in [-0.4, -0.2) is 15.0 Å². The van der Waals surface area contributed by atoms with Gasteiger partial charge in [0.25, 0.3) is 0 Å². The summed E-state index contributed by atoms with van der Waals surface area (Å²) in [6.45, 7) is 5.98. The Balaban J connectivity index is 0.000000110. The number of fused-ring (bicyclic) bond motifs is 12. The SMILES string of the molecule is Cc1oc2ccccc2c1-c1ccc(-c2[c-]ccc3c2oc2ccccc23)nc1.Cc1oc2ccccc2c1-c1ccc(-c2[c-]ccc3c2oc2ccccc23)nc1.Cc1oc2ccccc2c1-c1ccc(-c2[c-]ccc3c2oc2ccccc23)nc1.[Ir+3]. The average Bonchev–Trinajstić information content (AvgIpc) is 2.16. The standard InChI is InChI=1S/3C26H16NO2.Ir/c3*1-16-25(21-8-3-5-12-24(21)28-16)17-13-14-22(27-15-17)20-10-6-9-19-18-7-2-4-11-23(18)29-26(19)20;/h3*2-9,11-15H,1H3;/q3*-1;+3. The second kappa shape index (κ2) is 22.2. The predicted molar refractivity (Wildman–Crippen MR) is 347 cm³/mol. The van der Waals surface area contributed by atoms with Crippen molar-refractivity contribution >= 4 is 98.7 Å². The first-order valence-corrected chi connectivity index (χ1v) is 28.7. The zero-order chi connectivity index (χ0) is 58.1. The Morgan fingerprint density at radius 1 is 0.261 bits per heavy atom. The van der Waals surface area contributed by atoms with E-state index >= 15 is 0 Å². The molecule has 0 unspecified atom stereocenters. The molecule has 0 radical (unpaired) electrons. The van der Waals surface area contributed by atoms with Gasteiger partial charge in [-0.25, -0.2) is 0 Å². The molecule has 0 aliphatic heterocycles. The van der Waals surface area contributed by atoms with Crippen LogP contribution in [0, 0.1) is 39.0 Å². The van der Waals surface area contributed by atoms with Crippen LogP contribution in [-0.2, 0) is 20.1 Å². The fraction of sp³-hybridized carbons (Fsp3) is 0.0385. The van der Waals surface area contributed by atoms with Gasteiger partial charge in [0, 0.05) is 84.3 Å². The molecule has 9 heterocycles. The Labute approximate surface area is 517 Å². The van der Waals surface area contributed by atoms with Gasteiger partial charge in [-0.2, -0.15) is 0 Å². The van der Waals surface area contributed by atoms with Gasteiger partial charge in [0.05, 0.1) is 16.7 Å². The number of benzene rings is 9. The molecule has 0 atom stereocenters. The topological polar surface area (TPSA) is 118 Å². The van der Waals surface area contributed by atoms with Gasteiger partial charge in [-0.3, -0.25) is 0 Å². The molecule has 10 heteroatoms. The minimum atomic E-state index is 0. The normalized spacial score (nSPS) is 11.5. The van der Waals surface area contributed by atoms with Gasteiger partial charge in [-0.1, -0.05) is 178 Å². The molecule has 9 aromatic carbocycles. The van der Waals surface area contributed by atoms with E-state index < -0.39 is 0 Å². The summed E-state index contributed by atoms with van der Waals surface area (Å²) in [5, 5.41) is 9.87. The van der Waals surface area contributed by atoms with E-state index in [0.29, 0.717) is 0 Å². The summed E-state index contributed by atoms with van der Waals surface area (Å²) in [5.74, 6) is 2.69. The molecule has 0 aliphatic carbocycles. The van der Waals surface area contributed by atoms with Gasteiger partial charge < -0.3 is 41.5 Å². The zero-order valence-electron chi connectivity index (χ0n) is 47.6. The minimum absolute atomic E-state index is 0. The number of rotatable bonds is 6. The van der Waals surface area contributed by atoms with Crippen LogP contribution >= 0.6 is 0 Å². The first-order valence-electron chi connectivity index (χ1n) is 28.7. The van der Waals surface area contributed by atoms with Crippen molar-refractivity contribution in [1.29, 1.82) is 0 Å². The maximum atomic E-state index is 6.13. The molecule has 0 spiro atoms. The third kappa shape index (κ3) is 9.25. The Bertz CT molecular complexity index is 5070. The van der Waals surface area contributed by atoms with E-state index in [0.717, 1.165) is 183 Å². The quantitative estimate of drug-likeness (QED) is 0.150. The maximum Gasteiger partial charge on any atom is 3.00 e. The van der Waals surface area contributed by atoms with Crippen molar-refractivity contribution in [3.05, 3.63) is 272 Å². The summed E-state index contributed by atoms with van der Waals surface area (Å²) in [6.07, 6.45) is 5.69. The summed E-state index contributed by atoms with van der Waals surface area (Å²) in [6, 6.07) is 82.7. The molecular formula is C78H48IrN3O6. The van der Waals surface area contributed by atoms with E-state index in [1.165, 1.54) is 0 Å². The molecule has 0 amide bonds. The first-order chi connectivity index (χ1) is 42.9. The van der Waals surface area contributed by atoms with Crippen molar-refractivity contribution in [1.82, 2.24) is 15.0 Å². The molecule has 0 fully saturated rings. The van der Waals surface area contributed by atoms with E-state index in [2.05, 4.69) is 72.8 Å². The molecule has 9 nitrogen and oxygen atoms in total. The van der Waals surface area contributed by atoms with Gasteiger partial charge in [0.15, 0.2) is 0 Å². The number of hydrogen-bond acceptors (Lipinski definition) is 9. The van der Waals surface area contributed by atoms with Crippen LogP contribution in [0.5, 0.6) is 0 Å². The molecule has 0 aliphatic rings. The molecule has 18 aromatic rings. The monoisotopic (exact) mass is 1320 g/mol. The summed E-state index contributed by atoms with van der Waals surface area (Å²) < 4.78 is 36.1. The van der Waals surface area contributed by atoms with Gasteiger partial charge in [0.1, 0.15) is 50.8 Å². The largest absolute Gasteiger partial charge is 3.00 e. The van der Waals surface area contributed by atoms with Crippen LogP contribution in [0.25, 0.3) is 166 Å². The Morgan fingerprint density at radius 2 is 0.511 bits per heavy atom. The van der Waals surface area contributed by atoms with E-state index in [9.17, 15) is 0 Å². The van der Waals surface area contributed by atoms with Crippen molar-refractivity contribution in [3.63, 3.8) is 0 Å². The molecule has 18 rings (SSSR count). The third-order valence-electron chi connectivity index (χ3n) is 16.3. The smallest absolute Gasteiger partial charge is 0.501 e. The summed E-state index contributed by atoms with van der Waals surface area (Å²) in [7, 11) is 0. The summed E-state index contributed by atoms with van der Waals surface area (Å²) in [5.41, 5.74) is 19.3. The van der Waals surface area contributed by atoms with E-state index in [1.54, 1.807) is 0 Å². The van der Waals surface area contributed by atoms with Gasteiger partial charge in [-0.05, 0) is 74.3 Å². The predicted octanol–water partition coefficient (Wildman–Crippen LogP) is 21.5. The van der Waals surface area contributed by atoms with Gasteiger partial charge in [0.2, 0.25) is 0 Å². The van der Waals surface area contributed by atoms with Gasteiger partial charge in [-0.15, -0.1) is 54.6 Å². The van der Waals surface area contributed by atoms with Crippen LogP contribution in [0.2, 0.25) is 0 Å². The van der Waals surface area contributed by atoms with Crippen LogP contribution in [0.15, 0.2) is 263 Å². The Kier molecular flexibility index (Phi) is 13.6. The molecular weight excluding hydrogens is 1270 g/mol. The van der Waals surface area contributed by atoms with E-state index in [4.69, 9.17) is 41.5 Å². The van der Waals surface area contributed by atoms with Crippen molar-refractivity contribution in [2.45, 2.75) is 20.8 Å². The fourth-order valence-electron chi connectivity index (χ4n) is 12.3. The number of aromatic nitrogens is 3. The van der Waals surface area contributed by atoms with Gasteiger partial charge >= 0.3 is 20.1 Å². The Morgan fingerprint density at radius 3 is 0.773 bits per heavy atom. The Hall–Kier alpha value is -10.9. The van der Waals surface area contributed by atoms with Crippen LogP contribution in [0.1, 0.15) is 17.3 Å². The van der Waals surface area contributed by atoms with Crippen LogP contribution in [0.3, 0.4) is 0 Å². The van der Waals surface area contributed by atoms with E-state index in [1.807, 2.05) is 203 Å². The molecule has 0 bridgehead atoms. The summed E-state index contributed by atoms with van der Waals surface area (Å²) in [4.78, 5) is 14.2. The number of furan rings is 6. The summed E-state index contributed by atoms with van der Waals surface area (Å²) >= 11 is 0. The van der Waals surface area contributed by atoms with Crippen molar-refractivity contribution < 1.29 is 46.6 Å². The second-order valence-corrected chi connectivity index (χ2v) is 21.5. The fourth-order valence-corrected chi connectivity index (χ4v) is 12.3. The van der Waals surface area contributed by atoms with Crippen LogP contribution in [0.4, 0.5) is 0 Å². The molecule has 0 saturated carbocycles. The number of nitrogens with zero attached hydrogens (tertiary/aromatic N) is 3. The number of pyridine rings is 3. The second-order valence-electron chi connectivity index (χ2n) is 21.5. The van der Waals surface area contributed by atoms with Crippen molar-refractivity contribution in [2.24, 2.45) is 0 Å². The van der Waals surface area contributed by atoms with E-state index in [-0.39, 0.29) is 20.1 Å². The third-order valence-corrected chi connectivity index (χ3v) is 16.3.